The molecule has 1 fully saturated rings. The van der Waals surface area contributed by atoms with Crippen LogP contribution in [0.2, 0.25) is 0 Å². The lowest BCUT2D eigenvalue weighted by molar-refractivity contribution is 0.0154. The van der Waals surface area contributed by atoms with Crippen molar-refractivity contribution in [3.8, 4) is 0 Å². The monoisotopic (exact) mass is 241 g/mol. The maximum absolute atomic E-state index is 13.1. The lowest BCUT2D eigenvalue weighted by atomic mass is 9.81. The van der Waals surface area contributed by atoms with E-state index in [1.807, 2.05) is 0 Å². The Balaban J connectivity index is 2.20. The molecular formula is C13H17F2NO. The smallest absolute Gasteiger partial charge is 0.126 e. The van der Waals surface area contributed by atoms with Crippen LogP contribution in [0.1, 0.15) is 24.9 Å². The van der Waals surface area contributed by atoms with E-state index in [0.29, 0.717) is 24.7 Å². The highest BCUT2D eigenvalue weighted by Gasteiger charge is 2.28. The Bertz CT molecular complexity index is 377. The number of hydrogen-bond acceptors (Lipinski definition) is 2. The standard InChI is InChI=1S/C13H17F2NO/c1-8-7-17-3-2-12(8)13(16)9-4-10(14)6-11(15)5-9/h4-6,8,12-13H,2-3,7,16H2,1H3. The summed E-state index contributed by atoms with van der Waals surface area (Å²) < 4.78 is 31.6. The third-order valence-electron chi connectivity index (χ3n) is 3.44. The van der Waals surface area contributed by atoms with Crippen LogP contribution < -0.4 is 5.73 Å². The van der Waals surface area contributed by atoms with Crippen molar-refractivity contribution in [2.75, 3.05) is 13.2 Å². The zero-order chi connectivity index (χ0) is 12.4. The van der Waals surface area contributed by atoms with Gasteiger partial charge in [0.2, 0.25) is 0 Å². The van der Waals surface area contributed by atoms with Gasteiger partial charge < -0.3 is 10.5 Å². The molecule has 1 aromatic rings. The minimum absolute atomic E-state index is 0.213. The molecule has 0 aromatic heterocycles. The highest BCUT2D eigenvalue weighted by molar-refractivity contribution is 5.22. The third kappa shape index (κ3) is 2.82. The van der Waals surface area contributed by atoms with Crippen LogP contribution in [0.25, 0.3) is 0 Å². The molecule has 0 amide bonds. The van der Waals surface area contributed by atoms with Gasteiger partial charge in [0.25, 0.3) is 0 Å². The predicted molar refractivity (Wildman–Crippen MR) is 61.4 cm³/mol. The molecule has 94 valence electrons. The molecule has 1 saturated heterocycles. The number of nitrogens with two attached hydrogens (primary N) is 1. The maximum Gasteiger partial charge on any atom is 0.126 e. The molecule has 3 atom stereocenters. The number of benzene rings is 1. The van der Waals surface area contributed by atoms with Crippen molar-refractivity contribution in [1.29, 1.82) is 0 Å². The summed E-state index contributed by atoms with van der Waals surface area (Å²) in [5.74, 6) is -0.625. The van der Waals surface area contributed by atoms with Gasteiger partial charge in [-0.3, -0.25) is 0 Å². The quantitative estimate of drug-likeness (QED) is 0.863. The number of rotatable bonds is 2. The Morgan fingerprint density at radius 1 is 1.29 bits per heavy atom. The second kappa shape index (κ2) is 5.10. The zero-order valence-corrected chi connectivity index (χ0v) is 9.83. The van der Waals surface area contributed by atoms with Crippen LogP contribution in [-0.2, 0) is 4.74 Å². The molecule has 0 bridgehead atoms. The van der Waals surface area contributed by atoms with Crippen LogP contribution in [0.15, 0.2) is 18.2 Å². The van der Waals surface area contributed by atoms with E-state index in [9.17, 15) is 8.78 Å². The summed E-state index contributed by atoms with van der Waals surface area (Å²) in [6.45, 7) is 3.38. The summed E-state index contributed by atoms with van der Waals surface area (Å²) in [5, 5.41) is 0. The molecular weight excluding hydrogens is 224 g/mol. The first-order valence-corrected chi connectivity index (χ1v) is 5.87. The van der Waals surface area contributed by atoms with E-state index in [4.69, 9.17) is 10.5 Å². The van der Waals surface area contributed by atoms with Gasteiger partial charge in [-0.15, -0.1) is 0 Å². The fourth-order valence-corrected chi connectivity index (χ4v) is 2.45. The lowest BCUT2D eigenvalue weighted by Crippen LogP contribution is -2.34. The molecule has 0 radical (unpaired) electrons. The Morgan fingerprint density at radius 2 is 1.94 bits per heavy atom. The fourth-order valence-electron chi connectivity index (χ4n) is 2.45. The van der Waals surface area contributed by atoms with Gasteiger partial charge >= 0.3 is 0 Å². The average molecular weight is 241 g/mol. The minimum atomic E-state index is -0.574. The van der Waals surface area contributed by atoms with Crippen molar-refractivity contribution in [1.82, 2.24) is 0 Å². The van der Waals surface area contributed by atoms with Crippen molar-refractivity contribution in [2.45, 2.75) is 19.4 Å². The minimum Gasteiger partial charge on any atom is -0.381 e. The normalized spacial score (nSPS) is 26.8. The number of ether oxygens (including phenoxy) is 1. The first-order chi connectivity index (χ1) is 8.08. The van der Waals surface area contributed by atoms with E-state index in [1.54, 1.807) is 0 Å². The third-order valence-corrected chi connectivity index (χ3v) is 3.44. The molecule has 0 aliphatic carbocycles. The van der Waals surface area contributed by atoms with Crippen molar-refractivity contribution in [2.24, 2.45) is 17.6 Å². The van der Waals surface area contributed by atoms with Crippen LogP contribution >= 0.6 is 0 Å². The highest BCUT2D eigenvalue weighted by Crippen LogP contribution is 2.32. The Labute approximate surface area is 99.8 Å². The fraction of sp³-hybridized carbons (Fsp3) is 0.538. The van der Waals surface area contributed by atoms with Crippen LogP contribution in [0.4, 0.5) is 8.78 Å². The Hall–Kier alpha value is -1.00. The van der Waals surface area contributed by atoms with Crippen LogP contribution in [-0.4, -0.2) is 13.2 Å². The summed E-state index contributed by atoms with van der Waals surface area (Å²) in [5.41, 5.74) is 6.64. The summed E-state index contributed by atoms with van der Waals surface area (Å²) in [6, 6.07) is 3.16. The van der Waals surface area contributed by atoms with Crippen molar-refractivity contribution >= 4 is 0 Å². The van der Waals surface area contributed by atoms with Crippen LogP contribution in [0.3, 0.4) is 0 Å². The summed E-state index contributed by atoms with van der Waals surface area (Å²) in [4.78, 5) is 0. The molecule has 1 aliphatic heterocycles. The van der Waals surface area contributed by atoms with E-state index in [2.05, 4.69) is 6.92 Å². The van der Waals surface area contributed by atoms with Gasteiger partial charge in [0.05, 0.1) is 0 Å². The highest BCUT2D eigenvalue weighted by atomic mass is 19.1. The van der Waals surface area contributed by atoms with Gasteiger partial charge in [0, 0.05) is 25.3 Å². The van der Waals surface area contributed by atoms with E-state index in [0.717, 1.165) is 12.5 Å². The second-order valence-electron chi connectivity index (χ2n) is 4.73. The first kappa shape index (κ1) is 12.5. The topological polar surface area (TPSA) is 35.2 Å². The van der Waals surface area contributed by atoms with E-state index in [1.165, 1.54) is 12.1 Å². The van der Waals surface area contributed by atoms with Gasteiger partial charge in [0.15, 0.2) is 0 Å². The van der Waals surface area contributed by atoms with Gasteiger partial charge in [-0.1, -0.05) is 6.92 Å². The first-order valence-electron chi connectivity index (χ1n) is 5.87. The lowest BCUT2D eigenvalue weighted by Gasteiger charge is -2.33. The summed E-state index contributed by atoms with van der Waals surface area (Å²) >= 11 is 0. The van der Waals surface area contributed by atoms with Crippen molar-refractivity contribution < 1.29 is 13.5 Å². The maximum atomic E-state index is 13.1. The molecule has 1 aliphatic rings. The van der Waals surface area contributed by atoms with Crippen molar-refractivity contribution in [3.63, 3.8) is 0 Å². The van der Waals surface area contributed by atoms with Gasteiger partial charge in [-0.25, -0.2) is 8.78 Å². The summed E-state index contributed by atoms with van der Waals surface area (Å²) in [7, 11) is 0. The average Bonchev–Trinajstić information content (AvgIpc) is 2.27. The van der Waals surface area contributed by atoms with E-state index < -0.39 is 11.6 Å². The second-order valence-corrected chi connectivity index (χ2v) is 4.73. The van der Waals surface area contributed by atoms with Gasteiger partial charge in [-0.2, -0.15) is 0 Å². The largest absolute Gasteiger partial charge is 0.381 e. The molecule has 1 aromatic carbocycles. The number of hydrogen-bond donors (Lipinski definition) is 1. The summed E-state index contributed by atoms with van der Waals surface area (Å²) in [6.07, 6.45) is 0.834. The molecule has 2 nitrogen and oxygen atoms in total. The van der Waals surface area contributed by atoms with Crippen LogP contribution in [0, 0.1) is 23.5 Å². The SMILES string of the molecule is CC1COCCC1C(N)c1cc(F)cc(F)c1. The van der Waals surface area contributed by atoms with Crippen LogP contribution in [0.5, 0.6) is 0 Å². The zero-order valence-electron chi connectivity index (χ0n) is 9.83. The molecule has 2 rings (SSSR count). The van der Waals surface area contributed by atoms with Gasteiger partial charge in [0.1, 0.15) is 11.6 Å². The molecule has 0 saturated carbocycles. The molecule has 2 N–H and O–H groups in total. The van der Waals surface area contributed by atoms with E-state index in [-0.39, 0.29) is 12.0 Å². The molecule has 17 heavy (non-hydrogen) atoms. The van der Waals surface area contributed by atoms with Gasteiger partial charge in [-0.05, 0) is 36.0 Å². The van der Waals surface area contributed by atoms with Crippen molar-refractivity contribution in [3.05, 3.63) is 35.4 Å². The molecule has 3 unspecified atom stereocenters. The molecule has 1 heterocycles. The predicted octanol–water partition coefficient (Wildman–Crippen LogP) is 2.64. The number of halogens is 2. The Kier molecular flexibility index (Phi) is 3.74. The molecule has 4 heteroatoms. The van der Waals surface area contributed by atoms with E-state index >= 15 is 0 Å². The molecule has 0 spiro atoms. The Morgan fingerprint density at radius 3 is 2.53 bits per heavy atom.